The summed E-state index contributed by atoms with van der Waals surface area (Å²) in [5.74, 6) is 1.17. The second-order valence-corrected chi connectivity index (χ2v) is 7.80. The molecule has 1 aliphatic carbocycles. The number of aromatic nitrogens is 4. The van der Waals surface area contributed by atoms with Gasteiger partial charge in [0.25, 0.3) is 0 Å². The summed E-state index contributed by atoms with van der Waals surface area (Å²) in [5, 5.41) is 9.74. The molecule has 6 nitrogen and oxygen atoms in total. The SMILES string of the molecule is Cc1csc(S(=O)(=O)Cc2nnc(C)n2C2CC2)n1. The van der Waals surface area contributed by atoms with Crippen molar-refractivity contribution in [2.75, 3.05) is 0 Å². The molecule has 0 radical (unpaired) electrons. The van der Waals surface area contributed by atoms with E-state index in [9.17, 15) is 8.42 Å². The van der Waals surface area contributed by atoms with Gasteiger partial charge in [0.1, 0.15) is 17.4 Å². The number of hydrogen-bond acceptors (Lipinski definition) is 6. The van der Waals surface area contributed by atoms with Crippen molar-refractivity contribution in [1.82, 2.24) is 19.7 Å². The third-order valence-corrected chi connectivity index (χ3v) is 6.10. The molecule has 0 aliphatic heterocycles. The van der Waals surface area contributed by atoms with Crippen molar-refractivity contribution in [1.29, 1.82) is 0 Å². The van der Waals surface area contributed by atoms with Gasteiger partial charge in [-0.05, 0) is 26.7 Å². The van der Waals surface area contributed by atoms with Crippen molar-refractivity contribution in [3.8, 4) is 0 Å². The van der Waals surface area contributed by atoms with Gasteiger partial charge in [-0.3, -0.25) is 0 Å². The van der Waals surface area contributed by atoms with Gasteiger partial charge in [0.2, 0.25) is 14.2 Å². The van der Waals surface area contributed by atoms with Crippen LogP contribution in [0.15, 0.2) is 9.72 Å². The van der Waals surface area contributed by atoms with Crippen LogP contribution in [0.25, 0.3) is 0 Å². The Balaban J connectivity index is 1.93. The van der Waals surface area contributed by atoms with Crippen LogP contribution in [-0.2, 0) is 15.6 Å². The molecule has 2 aromatic rings. The van der Waals surface area contributed by atoms with Crippen molar-refractivity contribution < 1.29 is 8.42 Å². The molecule has 0 bridgehead atoms. The summed E-state index contributed by atoms with van der Waals surface area (Å²) in [6, 6.07) is 0.373. The molecule has 0 N–H and O–H groups in total. The fraction of sp³-hybridized carbons (Fsp3) is 0.545. The third kappa shape index (κ3) is 2.42. The average molecular weight is 298 g/mol. The van der Waals surface area contributed by atoms with Gasteiger partial charge in [-0.1, -0.05) is 0 Å². The fourth-order valence-corrected chi connectivity index (χ4v) is 4.40. The van der Waals surface area contributed by atoms with Gasteiger partial charge >= 0.3 is 0 Å². The zero-order valence-corrected chi connectivity index (χ0v) is 12.3. The van der Waals surface area contributed by atoms with Crippen LogP contribution >= 0.6 is 11.3 Å². The number of rotatable bonds is 4. The van der Waals surface area contributed by atoms with Crippen LogP contribution in [0.4, 0.5) is 0 Å². The summed E-state index contributed by atoms with van der Waals surface area (Å²) in [5.41, 5.74) is 0.725. The van der Waals surface area contributed by atoms with Gasteiger partial charge in [0.05, 0.1) is 0 Å². The van der Waals surface area contributed by atoms with E-state index in [0.717, 1.165) is 35.7 Å². The lowest BCUT2D eigenvalue weighted by Gasteiger charge is -2.06. The quantitative estimate of drug-likeness (QED) is 0.858. The summed E-state index contributed by atoms with van der Waals surface area (Å²) in [6.45, 7) is 3.64. The van der Waals surface area contributed by atoms with Gasteiger partial charge in [-0.2, -0.15) is 0 Å². The van der Waals surface area contributed by atoms with Crippen LogP contribution < -0.4 is 0 Å². The molecule has 2 heterocycles. The largest absolute Gasteiger partial charge is 0.311 e. The van der Waals surface area contributed by atoms with E-state index in [-0.39, 0.29) is 10.1 Å². The summed E-state index contributed by atoms with van der Waals surface area (Å²) >= 11 is 1.16. The lowest BCUT2D eigenvalue weighted by Crippen LogP contribution is -2.11. The molecule has 0 saturated heterocycles. The van der Waals surface area contributed by atoms with Crippen LogP contribution in [0.3, 0.4) is 0 Å². The number of hydrogen-bond donors (Lipinski definition) is 0. The van der Waals surface area contributed by atoms with E-state index < -0.39 is 9.84 Å². The van der Waals surface area contributed by atoms with E-state index in [4.69, 9.17) is 0 Å². The van der Waals surface area contributed by atoms with Gasteiger partial charge in [0, 0.05) is 17.1 Å². The zero-order chi connectivity index (χ0) is 13.6. The first kappa shape index (κ1) is 12.7. The third-order valence-electron chi connectivity index (χ3n) is 3.03. The van der Waals surface area contributed by atoms with Crippen molar-refractivity contribution in [3.05, 3.63) is 22.7 Å². The normalized spacial score (nSPS) is 15.9. The smallest absolute Gasteiger partial charge is 0.212 e. The van der Waals surface area contributed by atoms with E-state index in [1.54, 1.807) is 12.3 Å². The van der Waals surface area contributed by atoms with Crippen LogP contribution in [-0.4, -0.2) is 28.2 Å². The molecule has 102 valence electrons. The van der Waals surface area contributed by atoms with E-state index in [1.165, 1.54) is 0 Å². The number of thiazole rings is 1. The molecular weight excluding hydrogens is 284 g/mol. The molecule has 1 fully saturated rings. The van der Waals surface area contributed by atoms with Crippen LogP contribution in [0, 0.1) is 13.8 Å². The van der Waals surface area contributed by atoms with E-state index in [2.05, 4.69) is 15.2 Å². The molecule has 0 amide bonds. The highest BCUT2D eigenvalue weighted by molar-refractivity contribution is 7.92. The maximum absolute atomic E-state index is 12.3. The molecule has 1 aliphatic rings. The van der Waals surface area contributed by atoms with Crippen LogP contribution in [0.5, 0.6) is 0 Å². The highest BCUT2D eigenvalue weighted by Gasteiger charge is 2.31. The van der Waals surface area contributed by atoms with Gasteiger partial charge in [-0.15, -0.1) is 21.5 Å². The summed E-state index contributed by atoms with van der Waals surface area (Å²) in [7, 11) is -3.42. The molecule has 0 atom stereocenters. The second kappa shape index (κ2) is 4.38. The minimum atomic E-state index is -3.42. The Hall–Kier alpha value is -1.28. The zero-order valence-electron chi connectivity index (χ0n) is 10.7. The standard InChI is InChI=1S/C11H14N4O2S2/c1-7-5-18-11(12-7)19(16,17)6-10-14-13-8(2)15(10)9-3-4-9/h5,9H,3-4,6H2,1-2H3. The summed E-state index contributed by atoms with van der Waals surface area (Å²) in [4.78, 5) is 4.05. The highest BCUT2D eigenvalue weighted by atomic mass is 32.2. The minimum Gasteiger partial charge on any atom is -0.311 e. The topological polar surface area (TPSA) is 77.7 Å². The maximum atomic E-state index is 12.3. The van der Waals surface area contributed by atoms with Gasteiger partial charge in [0.15, 0.2) is 0 Å². The predicted molar refractivity (Wildman–Crippen MR) is 70.8 cm³/mol. The fourth-order valence-electron chi connectivity index (χ4n) is 2.03. The first-order valence-corrected chi connectivity index (χ1v) is 8.56. The molecule has 0 aromatic carbocycles. The van der Waals surface area contributed by atoms with Gasteiger partial charge < -0.3 is 4.57 Å². The first-order valence-electron chi connectivity index (χ1n) is 6.02. The minimum absolute atomic E-state index is 0.128. The molecule has 1 saturated carbocycles. The molecule has 2 aromatic heterocycles. The first-order chi connectivity index (χ1) is 8.97. The Morgan fingerprint density at radius 2 is 2.11 bits per heavy atom. The van der Waals surface area contributed by atoms with Crippen LogP contribution in [0.1, 0.15) is 36.2 Å². The Morgan fingerprint density at radius 3 is 2.68 bits per heavy atom. The molecule has 0 unspecified atom stereocenters. The number of sulfone groups is 1. The number of aryl methyl sites for hydroxylation is 2. The summed E-state index contributed by atoms with van der Waals surface area (Å²) in [6.07, 6.45) is 2.14. The Bertz CT molecular complexity index is 713. The molecule has 0 spiro atoms. The van der Waals surface area contributed by atoms with Crippen LogP contribution in [0.2, 0.25) is 0 Å². The lowest BCUT2D eigenvalue weighted by atomic mass is 10.5. The van der Waals surface area contributed by atoms with E-state index >= 15 is 0 Å². The average Bonchev–Trinajstić information content (AvgIpc) is 2.96. The Kier molecular flexibility index (Phi) is 2.94. The second-order valence-electron chi connectivity index (χ2n) is 4.78. The molecule has 3 rings (SSSR count). The van der Waals surface area contributed by atoms with E-state index in [1.807, 2.05) is 11.5 Å². The van der Waals surface area contributed by atoms with E-state index in [0.29, 0.717) is 11.9 Å². The Labute approximate surface area is 115 Å². The predicted octanol–water partition coefficient (Wildman–Crippen LogP) is 1.66. The summed E-state index contributed by atoms with van der Waals surface area (Å²) < 4.78 is 26.7. The Morgan fingerprint density at radius 1 is 1.37 bits per heavy atom. The van der Waals surface area contributed by atoms with Crippen molar-refractivity contribution in [3.63, 3.8) is 0 Å². The maximum Gasteiger partial charge on any atom is 0.212 e. The monoisotopic (exact) mass is 298 g/mol. The molecular formula is C11H14N4O2S2. The van der Waals surface area contributed by atoms with Crippen molar-refractivity contribution in [2.24, 2.45) is 0 Å². The van der Waals surface area contributed by atoms with Crippen molar-refractivity contribution in [2.45, 2.75) is 42.8 Å². The van der Waals surface area contributed by atoms with Gasteiger partial charge in [-0.25, -0.2) is 13.4 Å². The molecule has 8 heteroatoms. The van der Waals surface area contributed by atoms with Crippen molar-refractivity contribution >= 4 is 21.2 Å². The number of nitrogens with zero attached hydrogens (tertiary/aromatic N) is 4. The molecule has 19 heavy (non-hydrogen) atoms. The highest BCUT2D eigenvalue weighted by Crippen LogP contribution is 2.37. The lowest BCUT2D eigenvalue weighted by molar-refractivity contribution is 0.588.